The van der Waals surface area contributed by atoms with Crippen molar-refractivity contribution in [1.82, 2.24) is 9.62 Å². The molecule has 0 saturated carbocycles. The second-order valence-corrected chi connectivity index (χ2v) is 7.05. The minimum absolute atomic E-state index is 0.121. The Kier molecular flexibility index (Phi) is 7.14. The van der Waals surface area contributed by atoms with Crippen LogP contribution < -0.4 is 15.4 Å². The maximum absolute atomic E-state index is 11.9. The summed E-state index contributed by atoms with van der Waals surface area (Å²) in [5.41, 5.74) is 1.17. The van der Waals surface area contributed by atoms with Crippen molar-refractivity contribution in [1.29, 1.82) is 0 Å². The third-order valence-corrected chi connectivity index (χ3v) is 3.47. The third-order valence-electron chi connectivity index (χ3n) is 2.74. The molecule has 0 bridgehead atoms. The number of carbonyl (C=O) groups excluding carboxylic acids is 2. The highest BCUT2D eigenvalue weighted by atomic mass is 32.2. The lowest BCUT2D eigenvalue weighted by molar-refractivity contribution is -0.117. The van der Waals surface area contributed by atoms with E-state index < -0.39 is 10.0 Å². The normalized spacial score (nSPS) is 11.3. The minimum atomic E-state index is -3.22. The van der Waals surface area contributed by atoms with Gasteiger partial charge in [-0.15, -0.1) is 0 Å². The van der Waals surface area contributed by atoms with Crippen LogP contribution in [0.5, 0.6) is 0 Å². The molecule has 1 rings (SSSR count). The van der Waals surface area contributed by atoms with Crippen molar-refractivity contribution in [2.24, 2.45) is 0 Å². The van der Waals surface area contributed by atoms with Crippen LogP contribution >= 0.6 is 0 Å². The Hall–Kier alpha value is -1.97. The molecule has 8 nitrogen and oxygen atoms in total. The van der Waals surface area contributed by atoms with Gasteiger partial charge in [-0.05, 0) is 25.2 Å². The zero-order valence-corrected chi connectivity index (χ0v) is 14.2. The summed E-state index contributed by atoms with van der Waals surface area (Å²) in [7, 11) is -1.50. The number of nitrogens with one attached hydrogen (secondary N) is 3. The fraction of sp³-hybridized carbons (Fsp3) is 0.429. The van der Waals surface area contributed by atoms with Gasteiger partial charge in [-0.3, -0.25) is 14.5 Å². The van der Waals surface area contributed by atoms with Crippen LogP contribution in [0, 0.1) is 0 Å². The molecular weight excluding hydrogens is 320 g/mol. The van der Waals surface area contributed by atoms with Gasteiger partial charge >= 0.3 is 0 Å². The van der Waals surface area contributed by atoms with E-state index in [4.69, 9.17) is 0 Å². The number of nitrogens with zero attached hydrogens (tertiary/aromatic N) is 1. The summed E-state index contributed by atoms with van der Waals surface area (Å²) in [5.74, 6) is -0.418. The number of amides is 2. The lowest BCUT2D eigenvalue weighted by atomic mass is 10.2. The van der Waals surface area contributed by atoms with E-state index in [1.165, 1.54) is 6.92 Å². The van der Waals surface area contributed by atoms with Gasteiger partial charge in [0.2, 0.25) is 21.8 Å². The van der Waals surface area contributed by atoms with Gasteiger partial charge in [-0.25, -0.2) is 13.1 Å². The van der Waals surface area contributed by atoms with Crippen molar-refractivity contribution in [2.75, 3.05) is 43.6 Å². The maximum atomic E-state index is 11.9. The lowest BCUT2D eigenvalue weighted by Crippen LogP contribution is -2.36. The monoisotopic (exact) mass is 342 g/mol. The van der Waals surface area contributed by atoms with Crippen molar-refractivity contribution in [3.05, 3.63) is 24.3 Å². The number of sulfonamides is 1. The van der Waals surface area contributed by atoms with E-state index in [9.17, 15) is 18.0 Å². The summed E-state index contributed by atoms with van der Waals surface area (Å²) >= 11 is 0. The molecule has 0 spiro atoms. The molecule has 0 unspecified atom stereocenters. The van der Waals surface area contributed by atoms with E-state index >= 15 is 0 Å². The molecule has 0 saturated heterocycles. The number of anilines is 2. The largest absolute Gasteiger partial charge is 0.326 e. The number of hydrogen-bond acceptors (Lipinski definition) is 5. The summed E-state index contributed by atoms with van der Waals surface area (Å²) in [6.07, 6.45) is 1.09. The Balaban J connectivity index is 2.45. The molecule has 0 aliphatic carbocycles. The number of likely N-dealkylation sites (N-methyl/N-ethyl adjacent to an activating group) is 1. The molecule has 0 radical (unpaired) electrons. The first-order chi connectivity index (χ1) is 10.7. The summed E-state index contributed by atoms with van der Waals surface area (Å²) in [6.45, 7) is 2.17. The van der Waals surface area contributed by atoms with Crippen LogP contribution in [0.4, 0.5) is 11.4 Å². The predicted octanol–water partition coefficient (Wildman–Crippen LogP) is 0.0645. The van der Waals surface area contributed by atoms with Crippen LogP contribution in [-0.2, 0) is 19.6 Å². The van der Waals surface area contributed by atoms with Crippen molar-refractivity contribution >= 4 is 33.2 Å². The van der Waals surface area contributed by atoms with E-state index in [2.05, 4.69) is 15.4 Å². The standard InChI is InChI=1S/C14H22N4O4S/c1-11(19)16-12-5-4-6-13(9-12)17-14(20)10-18(2)8-7-15-23(3,21)22/h4-6,9,15H,7-8,10H2,1-3H3,(H,16,19)(H,17,20). The van der Waals surface area contributed by atoms with Gasteiger partial charge < -0.3 is 10.6 Å². The topological polar surface area (TPSA) is 108 Å². The van der Waals surface area contributed by atoms with Crippen molar-refractivity contribution < 1.29 is 18.0 Å². The smallest absolute Gasteiger partial charge is 0.238 e. The van der Waals surface area contributed by atoms with Gasteiger partial charge in [0.1, 0.15) is 0 Å². The van der Waals surface area contributed by atoms with E-state index in [0.29, 0.717) is 17.9 Å². The lowest BCUT2D eigenvalue weighted by Gasteiger charge is -2.16. The zero-order chi connectivity index (χ0) is 17.5. The average molecular weight is 342 g/mol. The van der Waals surface area contributed by atoms with Crippen molar-refractivity contribution in [2.45, 2.75) is 6.92 Å². The van der Waals surface area contributed by atoms with Crippen LogP contribution in [0.15, 0.2) is 24.3 Å². The zero-order valence-electron chi connectivity index (χ0n) is 13.4. The van der Waals surface area contributed by atoms with Gasteiger partial charge in [0.15, 0.2) is 0 Å². The molecule has 0 aliphatic rings. The highest BCUT2D eigenvalue weighted by molar-refractivity contribution is 7.88. The molecule has 0 aliphatic heterocycles. The first-order valence-electron chi connectivity index (χ1n) is 6.96. The Morgan fingerprint density at radius 3 is 2.35 bits per heavy atom. The number of benzene rings is 1. The molecular formula is C14H22N4O4S. The first kappa shape index (κ1) is 19.1. The Labute approximate surface area is 136 Å². The number of hydrogen-bond donors (Lipinski definition) is 3. The van der Waals surface area contributed by atoms with Crippen LogP contribution in [0.25, 0.3) is 0 Å². The van der Waals surface area contributed by atoms with Crippen LogP contribution in [0.2, 0.25) is 0 Å². The van der Waals surface area contributed by atoms with Crippen molar-refractivity contribution in [3.8, 4) is 0 Å². The highest BCUT2D eigenvalue weighted by Crippen LogP contribution is 2.14. The second kappa shape index (κ2) is 8.61. The van der Waals surface area contributed by atoms with Gasteiger partial charge in [-0.2, -0.15) is 0 Å². The van der Waals surface area contributed by atoms with Gasteiger partial charge in [-0.1, -0.05) is 6.07 Å². The number of rotatable bonds is 8. The fourth-order valence-electron chi connectivity index (χ4n) is 1.82. The Morgan fingerprint density at radius 2 is 1.78 bits per heavy atom. The van der Waals surface area contributed by atoms with Crippen molar-refractivity contribution in [3.63, 3.8) is 0 Å². The quantitative estimate of drug-likeness (QED) is 0.619. The summed E-state index contributed by atoms with van der Waals surface area (Å²) in [6, 6.07) is 6.82. The van der Waals surface area contributed by atoms with Crippen LogP contribution in [0.3, 0.4) is 0 Å². The molecule has 1 aromatic rings. The molecule has 1 aromatic carbocycles. The molecule has 0 aromatic heterocycles. The van der Waals surface area contributed by atoms with Crippen LogP contribution in [-0.4, -0.2) is 58.1 Å². The molecule has 3 N–H and O–H groups in total. The van der Waals surface area contributed by atoms with Gasteiger partial charge in [0.05, 0.1) is 12.8 Å². The highest BCUT2D eigenvalue weighted by Gasteiger charge is 2.08. The predicted molar refractivity (Wildman–Crippen MR) is 89.7 cm³/mol. The van der Waals surface area contributed by atoms with E-state index in [-0.39, 0.29) is 24.9 Å². The fourth-order valence-corrected chi connectivity index (χ4v) is 2.29. The molecule has 23 heavy (non-hydrogen) atoms. The van der Waals surface area contributed by atoms with E-state index in [1.54, 1.807) is 36.2 Å². The molecule has 128 valence electrons. The van der Waals surface area contributed by atoms with Gasteiger partial charge in [0.25, 0.3) is 0 Å². The Morgan fingerprint density at radius 1 is 1.17 bits per heavy atom. The first-order valence-corrected chi connectivity index (χ1v) is 8.85. The second-order valence-electron chi connectivity index (χ2n) is 5.21. The third kappa shape index (κ3) is 8.91. The summed E-state index contributed by atoms with van der Waals surface area (Å²) < 4.78 is 24.3. The van der Waals surface area contributed by atoms with Gasteiger partial charge in [0, 0.05) is 31.4 Å². The molecule has 0 atom stereocenters. The van der Waals surface area contributed by atoms with E-state index in [0.717, 1.165) is 6.26 Å². The molecule has 2 amide bonds. The summed E-state index contributed by atoms with van der Waals surface area (Å²) in [5, 5.41) is 5.36. The average Bonchev–Trinajstić information content (AvgIpc) is 2.36. The van der Waals surface area contributed by atoms with Crippen LogP contribution in [0.1, 0.15) is 6.92 Å². The molecule has 9 heteroatoms. The molecule has 0 fully saturated rings. The SMILES string of the molecule is CC(=O)Nc1cccc(NC(=O)CN(C)CCNS(C)(=O)=O)c1. The minimum Gasteiger partial charge on any atom is -0.326 e. The molecule has 0 heterocycles. The summed E-state index contributed by atoms with van der Waals surface area (Å²) in [4.78, 5) is 24.6. The van der Waals surface area contributed by atoms with E-state index in [1.807, 2.05) is 0 Å². The Bertz CT molecular complexity index is 660. The maximum Gasteiger partial charge on any atom is 0.238 e. The number of carbonyl (C=O) groups is 2.